The van der Waals surface area contributed by atoms with E-state index in [0.717, 1.165) is 16.6 Å². The normalized spacial score (nSPS) is 11.8. The van der Waals surface area contributed by atoms with Gasteiger partial charge in [-0.25, -0.2) is 15.0 Å². The van der Waals surface area contributed by atoms with Gasteiger partial charge in [-0.1, -0.05) is 46.2 Å². The van der Waals surface area contributed by atoms with Crippen LogP contribution in [-0.2, 0) is 4.79 Å². The minimum atomic E-state index is -4.33. The highest BCUT2D eigenvalue weighted by molar-refractivity contribution is 6.31. The summed E-state index contributed by atoms with van der Waals surface area (Å²) in [6.45, 7) is 7.94. The topological polar surface area (TPSA) is 110 Å². The third kappa shape index (κ3) is 8.33. The number of nitrogen functional groups attached to an aromatic ring is 1. The highest BCUT2D eigenvalue weighted by Gasteiger charge is 2.29. The van der Waals surface area contributed by atoms with Crippen molar-refractivity contribution in [2.24, 2.45) is 11.8 Å². The number of halogens is 4. The number of nitrogens with zero attached hydrogens (tertiary/aromatic N) is 3. The molecule has 1 amide bonds. The molecule has 0 aliphatic rings. The lowest BCUT2D eigenvalue weighted by atomic mass is 9.97. The van der Waals surface area contributed by atoms with Gasteiger partial charge in [-0.05, 0) is 18.1 Å². The highest BCUT2D eigenvalue weighted by atomic mass is 35.5. The van der Waals surface area contributed by atoms with Crippen LogP contribution in [0.15, 0.2) is 30.7 Å². The Hall–Kier alpha value is -2.88. The van der Waals surface area contributed by atoms with Gasteiger partial charge in [0.05, 0.1) is 5.02 Å². The highest BCUT2D eigenvalue weighted by Crippen LogP contribution is 2.27. The van der Waals surface area contributed by atoms with E-state index in [2.05, 4.69) is 19.9 Å². The van der Waals surface area contributed by atoms with Crippen LogP contribution in [0.5, 0.6) is 0 Å². The molecule has 0 saturated heterocycles. The van der Waals surface area contributed by atoms with Gasteiger partial charge in [0.2, 0.25) is 5.91 Å². The maximum atomic E-state index is 11.7. The maximum absolute atomic E-state index is 11.7. The first kappa shape index (κ1) is 27.2. The predicted molar refractivity (Wildman–Crippen MR) is 121 cm³/mol. The number of carbonyl (C=O) groups excluding carboxylic acids is 1. The number of H-pyrrole nitrogens is 1. The second-order valence-electron chi connectivity index (χ2n) is 6.92. The molecule has 1 atom stereocenters. The summed E-state index contributed by atoms with van der Waals surface area (Å²) in [7, 11) is 0. The molecule has 0 aliphatic heterocycles. The molecule has 0 aromatic carbocycles. The van der Waals surface area contributed by atoms with Crippen LogP contribution < -0.4 is 11.1 Å². The van der Waals surface area contributed by atoms with Crippen molar-refractivity contribution < 1.29 is 18.0 Å². The Morgan fingerprint density at radius 3 is 2.47 bits per heavy atom. The molecule has 3 rings (SSSR count). The molecule has 3 aromatic heterocycles. The molecule has 0 spiro atoms. The van der Waals surface area contributed by atoms with E-state index < -0.39 is 18.6 Å². The fourth-order valence-corrected chi connectivity index (χ4v) is 2.47. The fraction of sp³-hybridized carbons (Fsp3) is 0.429. The fourth-order valence-electron chi connectivity index (χ4n) is 2.32. The quantitative estimate of drug-likeness (QED) is 0.481. The summed E-state index contributed by atoms with van der Waals surface area (Å²) in [5, 5.41) is 3.29. The summed E-state index contributed by atoms with van der Waals surface area (Å²) in [6.07, 6.45) is 0.675. The van der Waals surface area contributed by atoms with Crippen LogP contribution in [0.3, 0.4) is 0 Å². The number of hydrogen-bond acceptors (Lipinski definition) is 5. The summed E-state index contributed by atoms with van der Waals surface area (Å²) in [6, 6.07) is 3.46. The van der Waals surface area contributed by atoms with Gasteiger partial charge in [-0.3, -0.25) is 4.79 Å². The van der Waals surface area contributed by atoms with Crippen LogP contribution in [0.4, 0.5) is 19.0 Å². The minimum Gasteiger partial charge on any atom is -0.384 e. The molecule has 176 valence electrons. The average molecular weight is 473 g/mol. The monoisotopic (exact) mass is 472 g/mol. The van der Waals surface area contributed by atoms with Crippen LogP contribution in [-0.4, -0.2) is 38.6 Å². The SMILES string of the molecule is CC.CC(C)C(C)C(=O)NCC(F)(F)F.Nc1ccnc(-c2c[nH]c3ncc(Cl)cc23)n1. The first-order valence-corrected chi connectivity index (χ1v) is 10.4. The third-order valence-electron chi connectivity index (χ3n) is 4.29. The molecule has 0 radical (unpaired) electrons. The lowest BCUT2D eigenvalue weighted by Crippen LogP contribution is -2.38. The number of anilines is 1. The number of nitrogens with two attached hydrogens (primary N) is 1. The Labute approximate surface area is 190 Å². The minimum absolute atomic E-state index is 0.0493. The van der Waals surface area contributed by atoms with Crippen LogP contribution in [0, 0.1) is 11.8 Å². The standard InChI is InChI=1S/C11H8ClN5.C8H14F3NO.C2H6/c12-6-3-7-8(5-16-10(7)15-4-6)11-14-2-1-9(13)17-11;1-5(2)6(3)7(13)12-4-8(9,10)11;1-2/h1-5H,(H,15,16)(H2,13,14,17);5-6H,4H2,1-3H3,(H,12,13);1-2H3. The number of alkyl halides is 3. The molecule has 1 unspecified atom stereocenters. The van der Waals surface area contributed by atoms with Gasteiger partial charge < -0.3 is 16.0 Å². The average Bonchev–Trinajstić information content (AvgIpc) is 3.16. The molecule has 0 aliphatic carbocycles. The lowest BCUT2D eigenvalue weighted by molar-refractivity contribution is -0.141. The molecule has 3 heterocycles. The molecule has 0 saturated carbocycles. The zero-order chi connectivity index (χ0) is 24.5. The Morgan fingerprint density at radius 1 is 1.25 bits per heavy atom. The van der Waals surface area contributed by atoms with Crippen molar-refractivity contribution in [3.8, 4) is 11.4 Å². The summed E-state index contributed by atoms with van der Waals surface area (Å²) in [4.78, 5) is 26.6. The molecular weight excluding hydrogens is 445 g/mol. The van der Waals surface area contributed by atoms with Crippen molar-refractivity contribution in [1.29, 1.82) is 0 Å². The first-order valence-electron chi connectivity index (χ1n) is 10.0. The van der Waals surface area contributed by atoms with Crippen molar-refractivity contribution in [3.05, 3.63) is 35.7 Å². The number of pyridine rings is 1. The Bertz CT molecular complexity index is 1010. The van der Waals surface area contributed by atoms with Gasteiger partial charge in [0.25, 0.3) is 0 Å². The largest absolute Gasteiger partial charge is 0.405 e. The van der Waals surface area contributed by atoms with Gasteiger partial charge in [-0.15, -0.1) is 0 Å². The molecule has 3 aromatic rings. The van der Waals surface area contributed by atoms with Gasteiger partial charge >= 0.3 is 6.18 Å². The number of fused-ring (bicyclic) bond motifs is 1. The third-order valence-corrected chi connectivity index (χ3v) is 4.50. The van der Waals surface area contributed by atoms with E-state index in [0.29, 0.717) is 16.7 Å². The zero-order valence-corrected chi connectivity index (χ0v) is 19.3. The number of hydrogen-bond donors (Lipinski definition) is 3. The van der Waals surface area contributed by atoms with Gasteiger partial charge in [-0.2, -0.15) is 13.2 Å². The van der Waals surface area contributed by atoms with Gasteiger partial charge in [0, 0.05) is 35.5 Å². The number of carbonyl (C=O) groups is 1. The Balaban J connectivity index is 0.000000309. The molecule has 7 nitrogen and oxygen atoms in total. The summed E-state index contributed by atoms with van der Waals surface area (Å²) in [5.41, 5.74) is 7.22. The molecule has 0 fully saturated rings. The van der Waals surface area contributed by atoms with Crippen LogP contribution >= 0.6 is 11.6 Å². The number of aromatic amines is 1. The van der Waals surface area contributed by atoms with Crippen LogP contribution in [0.1, 0.15) is 34.6 Å². The van der Waals surface area contributed by atoms with E-state index >= 15 is 0 Å². The predicted octanol–water partition coefficient (Wildman–Crippen LogP) is 5.24. The van der Waals surface area contributed by atoms with Crippen molar-refractivity contribution in [2.45, 2.75) is 40.8 Å². The molecule has 0 bridgehead atoms. The lowest BCUT2D eigenvalue weighted by Gasteiger charge is -2.16. The Morgan fingerprint density at radius 2 is 1.91 bits per heavy atom. The van der Waals surface area contributed by atoms with Crippen molar-refractivity contribution in [3.63, 3.8) is 0 Å². The number of nitrogens with one attached hydrogen (secondary N) is 2. The first-order chi connectivity index (χ1) is 15.0. The van der Waals surface area contributed by atoms with Crippen molar-refractivity contribution in [1.82, 2.24) is 25.3 Å². The molecule has 11 heteroatoms. The number of rotatable bonds is 4. The van der Waals surface area contributed by atoms with E-state index in [1.54, 1.807) is 45.4 Å². The van der Waals surface area contributed by atoms with Crippen molar-refractivity contribution >= 4 is 34.4 Å². The number of amides is 1. The second kappa shape index (κ2) is 12.2. The smallest absolute Gasteiger partial charge is 0.384 e. The van der Waals surface area contributed by atoms with Gasteiger partial charge in [0.15, 0.2) is 5.82 Å². The molecule has 4 N–H and O–H groups in total. The summed E-state index contributed by atoms with van der Waals surface area (Å²) < 4.78 is 35.0. The van der Waals surface area contributed by atoms with Crippen molar-refractivity contribution in [2.75, 3.05) is 12.3 Å². The van der Waals surface area contributed by atoms with Crippen LogP contribution in [0.2, 0.25) is 5.02 Å². The van der Waals surface area contributed by atoms with E-state index in [1.165, 1.54) is 0 Å². The molecule has 32 heavy (non-hydrogen) atoms. The molecular formula is C21H28ClF3N6O. The Kier molecular flexibility index (Phi) is 10.4. The summed E-state index contributed by atoms with van der Waals surface area (Å²) >= 11 is 5.92. The zero-order valence-electron chi connectivity index (χ0n) is 18.6. The van der Waals surface area contributed by atoms with Gasteiger partial charge in [0.1, 0.15) is 18.0 Å². The van der Waals surface area contributed by atoms with E-state index in [4.69, 9.17) is 17.3 Å². The maximum Gasteiger partial charge on any atom is 0.405 e. The number of aromatic nitrogens is 4. The summed E-state index contributed by atoms with van der Waals surface area (Å²) in [5.74, 6) is 0.0996. The van der Waals surface area contributed by atoms with E-state index in [-0.39, 0.29) is 11.8 Å². The van der Waals surface area contributed by atoms with E-state index in [1.807, 2.05) is 25.2 Å². The van der Waals surface area contributed by atoms with Crippen LogP contribution in [0.25, 0.3) is 22.4 Å². The second-order valence-corrected chi connectivity index (χ2v) is 7.36. The van der Waals surface area contributed by atoms with E-state index in [9.17, 15) is 18.0 Å².